The maximum atomic E-state index is 12.3. The van der Waals surface area contributed by atoms with E-state index in [2.05, 4.69) is 24.3 Å². The fourth-order valence-electron chi connectivity index (χ4n) is 3.88. The minimum atomic E-state index is -0.00536. The van der Waals surface area contributed by atoms with Crippen molar-refractivity contribution < 1.29 is 9.90 Å². The Bertz CT molecular complexity index is 329. The molecule has 2 rings (SSSR count). The molecule has 5 heteroatoms. The Balaban J connectivity index is 1.84. The molecule has 1 saturated carbocycles. The molecule has 2 N–H and O–H groups in total. The van der Waals surface area contributed by atoms with Crippen molar-refractivity contribution in [2.45, 2.75) is 57.0 Å². The zero-order chi connectivity index (χ0) is 15.2. The summed E-state index contributed by atoms with van der Waals surface area (Å²) in [5, 5.41) is 12.4. The summed E-state index contributed by atoms with van der Waals surface area (Å²) in [7, 11) is 4.22. The summed E-state index contributed by atoms with van der Waals surface area (Å²) in [5.41, 5.74) is 0. The molecule has 21 heavy (non-hydrogen) atoms. The van der Waals surface area contributed by atoms with Crippen LogP contribution in [0.4, 0.5) is 4.79 Å². The molecule has 0 aromatic rings. The van der Waals surface area contributed by atoms with Crippen LogP contribution in [-0.2, 0) is 0 Å². The molecule has 0 aromatic carbocycles. The number of carbonyl (C=O) groups excluding carboxylic acids is 1. The van der Waals surface area contributed by atoms with Crippen LogP contribution in [0.1, 0.15) is 44.9 Å². The van der Waals surface area contributed by atoms with Crippen LogP contribution < -0.4 is 5.32 Å². The van der Waals surface area contributed by atoms with Crippen molar-refractivity contribution in [2.75, 3.05) is 33.8 Å². The summed E-state index contributed by atoms with van der Waals surface area (Å²) in [6.45, 7) is 1.56. The van der Waals surface area contributed by atoms with Gasteiger partial charge in [-0.2, -0.15) is 0 Å². The molecule has 1 saturated heterocycles. The first kappa shape index (κ1) is 16.6. The second kappa shape index (κ2) is 7.99. The number of amides is 2. The molecule has 0 bridgehead atoms. The summed E-state index contributed by atoms with van der Waals surface area (Å²) >= 11 is 0. The molecule has 122 valence electrons. The number of nitrogens with zero attached hydrogens (tertiary/aromatic N) is 2. The normalized spacial score (nSPS) is 25.3. The second-order valence-corrected chi connectivity index (χ2v) is 6.79. The SMILES string of the molecule is CN(C)C(CNC(=O)N1CCCC1CO)C1CCCCC1. The molecule has 1 aliphatic heterocycles. The Morgan fingerprint density at radius 2 is 1.95 bits per heavy atom. The minimum absolute atomic E-state index is 0.00536. The quantitative estimate of drug-likeness (QED) is 0.811. The molecule has 2 unspecified atom stereocenters. The second-order valence-electron chi connectivity index (χ2n) is 6.79. The Hall–Kier alpha value is -0.810. The first-order valence-corrected chi connectivity index (χ1v) is 8.45. The van der Waals surface area contributed by atoms with E-state index >= 15 is 0 Å². The summed E-state index contributed by atoms with van der Waals surface area (Å²) in [4.78, 5) is 16.4. The van der Waals surface area contributed by atoms with Crippen LogP contribution in [0.5, 0.6) is 0 Å². The van der Waals surface area contributed by atoms with E-state index in [-0.39, 0.29) is 18.7 Å². The Morgan fingerprint density at radius 1 is 1.24 bits per heavy atom. The van der Waals surface area contributed by atoms with Crippen molar-refractivity contribution in [3.8, 4) is 0 Å². The predicted octanol–water partition coefficient (Wildman–Crippen LogP) is 1.66. The molecular weight excluding hydrogens is 266 g/mol. The number of hydrogen-bond acceptors (Lipinski definition) is 3. The molecule has 2 aliphatic rings. The molecule has 2 fully saturated rings. The highest BCUT2D eigenvalue weighted by atomic mass is 16.3. The number of rotatable bonds is 5. The van der Waals surface area contributed by atoms with Gasteiger partial charge in [0, 0.05) is 19.1 Å². The first-order chi connectivity index (χ1) is 10.1. The average Bonchev–Trinajstić information content (AvgIpc) is 2.96. The van der Waals surface area contributed by atoms with Crippen LogP contribution in [0.3, 0.4) is 0 Å². The largest absolute Gasteiger partial charge is 0.394 e. The molecule has 2 atom stereocenters. The van der Waals surface area contributed by atoms with E-state index in [1.165, 1.54) is 32.1 Å². The lowest BCUT2D eigenvalue weighted by Gasteiger charge is -2.35. The van der Waals surface area contributed by atoms with Crippen molar-refractivity contribution in [1.82, 2.24) is 15.1 Å². The molecule has 1 heterocycles. The van der Waals surface area contributed by atoms with Crippen LogP contribution in [0.15, 0.2) is 0 Å². The number of aliphatic hydroxyl groups excluding tert-OH is 1. The lowest BCUT2D eigenvalue weighted by molar-refractivity contribution is 0.143. The van der Waals surface area contributed by atoms with E-state index in [0.29, 0.717) is 18.5 Å². The van der Waals surface area contributed by atoms with Gasteiger partial charge in [0.15, 0.2) is 0 Å². The number of likely N-dealkylation sites (N-methyl/N-ethyl adjacent to an activating group) is 1. The lowest BCUT2D eigenvalue weighted by atomic mass is 9.83. The van der Waals surface area contributed by atoms with Gasteiger partial charge >= 0.3 is 6.03 Å². The maximum Gasteiger partial charge on any atom is 0.317 e. The van der Waals surface area contributed by atoms with E-state index in [1.54, 1.807) is 4.90 Å². The van der Waals surface area contributed by atoms with Gasteiger partial charge in [-0.15, -0.1) is 0 Å². The van der Waals surface area contributed by atoms with Crippen molar-refractivity contribution >= 4 is 6.03 Å². The number of aliphatic hydroxyl groups is 1. The third-order valence-corrected chi connectivity index (χ3v) is 5.17. The number of likely N-dealkylation sites (tertiary alicyclic amines) is 1. The molecular formula is C16H31N3O2. The first-order valence-electron chi connectivity index (χ1n) is 8.45. The van der Waals surface area contributed by atoms with Gasteiger partial charge in [0.1, 0.15) is 0 Å². The summed E-state index contributed by atoms with van der Waals surface area (Å²) < 4.78 is 0. The summed E-state index contributed by atoms with van der Waals surface area (Å²) in [5.74, 6) is 0.696. The lowest BCUT2D eigenvalue weighted by Crippen LogP contribution is -2.50. The van der Waals surface area contributed by atoms with Gasteiger partial charge < -0.3 is 20.2 Å². The summed E-state index contributed by atoms with van der Waals surface area (Å²) in [6.07, 6.45) is 8.48. The number of carbonyl (C=O) groups is 1. The van der Waals surface area contributed by atoms with Gasteiger partial charge in [0.25, 0.3) is 0 Å². The Kier molecular flexibility index (Phi) is 6.30. The van der Waals surface area contributed by atoms with Gasteiger partial charge in [0.2, 0.25) is 0 Å². The monoisotopic (exact) mass is 297 g/mol. The fraction of sp³-hybridized carbons (Fsp3) is 0.938. The standard InChI is InChI=1S/C16H31N3O2/c1-18(2)15(13-7-4-3-5-8-13)11-17-16(21)19-10-6-9-14(19)12-20/h13-15,20H,3-12H2,1-2H3,(H,17,21). The van der Waals surface area contributed by atoms with Crippen LogP contribution in [0, 0.1) is 5.92 Å². The molecule has 0 spiro atoms. The molecule has 0 radical (unpaired) electrons. The van der Waals surface area contributed by atoms with Gasteiger partial charge in [0.05, 0.1) is 12.6 Å². The van der Waals surface area contributed by atoms with Crippen molar-refractivity contribution in [1.29, 1.82) is 0 Å². The zero-order valence-corrected chi connectivity index (χ0v) is 13.6. The smallest absolute Gasteiger partial charge is 0.317 e. The maximum absolute atomic E-state index is 12.3. The average molecular weight is 297 g/mol. The van der Waals surface area contributed by atoms with Gasteiger partial charge in [-0.05, 0) is 45.7 Å². The van der Waals surface area contributed by atoms with Crippen molar-refractivity contribution in [2.24, 2.45) is 5.92 Å². The van der Waals surface area contributed by atoms with E-state index in [0.717, 1.165) is 19.4 Å². The van der Waals surface area contributed by atoms with Crippen LogP contribution in [0.2, 0.25) is 0 Å². The third-order valence-electron chi connectivity index (χ3n) is 5.17. The van der Waals surface area contributed by atoms with Crippen LogP contribution in [-0.4, -0.2) is 66.8 Å². The van der Waals surface area contributed by atoms with E-state index < -0.39 is 0 Å². The number of hydrogen-bond donors (Lipinski definition) is 2. The topological polar surface area (TPSA) is 55.8 Å². The van der Waals surface area contributed by atoms with Crippen molar-refractivity contribution in [3.05, 3.63) is 0 Å². The van der Waals surface area contributed by atoms with Gasteiger partial charge in [-0.25, -0.2) is 4.79 Å². The summed E-state index contributed by atoms with van der Waals surface area (Å²) in [6, 6.07) is 0.427. The van der Waals surface area contributed by atoms with Crippen LogP contribution >= 0.6 is 0 Å². The van der Waals surface area contributed by atoms with E-state index in [4.69, 9.17) is 0 Å². The van der Waals surface area contributed by atoms with E-state index in [1.807, 2.05) is 0 Å². The molecule has 2 amide bonds. The van der Waals surface area contributed by atoms with Gasteiger partial charge in [-0.1, -0.05) is 19.3 Å². The van der Waals surface area contributed by atoms with Crippen LogP contribution in [0.25, 0.3) is 0 Å². The van der Waals surface area contributed by atoms with Gasteiger partial charge in [-0.3, -0.25) is 0 Å². The predicted molar refractivity (Wildman–Crippen MR) is 84.3 cm³/mol. The molecule has 1 aliphatic carbocycles. The molecule has 0 aromatic heterocycles. The minimum Gasteiger partial charge on any atom is -0.394 e. The zero-order valence-electron chi connectivity index (χ0n) is 13.6. The highest BCUT2D eigenvalue weighted by Gasteiger charge is 2.30. The Labute approximate surface area is 128 Å². The fourth-order valence-corrected chi connectivity index (χ4v) is 3.88. The number of urea groups is 1. The highest BCUT2D eigenvalue weighted by molar-refractivity contribution is 5.74. The highest BCUT2D eigenvalue weighted by Crippen LogP contribution is 2.28. The van der Waals surface area contributed by atoms with Crippen molar-refractivity contribution in [3.63, 3.8) is 0 Å². The third kappa shape index (κ3) is 4.33. The molecule has 5 nitrogen and oxygen atoms in total. The Morgan fingerprint density at radius 3 is 2.57 bits per heavy atom. The number of nitrogens with one attached hydrogen (secondary N) is 1. The van der Waals surface area contributed by atoms with E-state index in [9.17, 15) is 9.90 Å².